The Labute approximate surface area is 234 Å². The fraction of sp³-hybridized carbons (Fsp3) is 0.500. The summed E-state index contributed by atoms with van der Waals surface area (Å²) in [5, 5.41) is 0. The van der Waals surface area contributed by atoms with Gasteiger partial charge in [-0.25, -0.2) is 33.7 Å². The highest BCUT2D eigenvalue weighted by Gasteiger charge is 2.64. The van der Waals surface area contributed by atoms with Gasteiger partial charge in [-0.05, 0) is 49.2 Å². The summed E-state index contributed by atoms with van der Waals surface area (Å²) in [5.74, 6) is -2.65. The zero-order chi connectivity index (χ0) is 29.4. The Morgan fingerprint density at radius 3 is 1.20 bits per heavy atom. The lowest BCUT2D eigenvalue weighted by Crippen LogP contribution is -2.69. The molecule has 3 aliphatic heterocycles. The largest absolute Gasteiger partial charge is 0.495 e. The summed E-state index contributed by atoms with van der Waals surface area (Å²) in [7, 11) is -14.4. The Morgan fingerprint density at radius 2 is 0.925 bits per heavy atom. The molecule has 0 aliphatic carbocycles. The van der Waals surface area contributed by atoms with Crippen LogP contribution in [0, 0.1) is 13.8 Å². The van der Waals surface area contributed by atoms with Crippen LogP contribution in [0.4, 0.5) is 0 Å². The Bertz CT molecular complexity index is 1640. The van der Waals surface area contributed by atoms with E-state index in [1.165, 1.54) is 38.5 Å². The van der Waals surface area contributed by atoms with Gasteiger partial charge in [0.25, 0.3) is 0 Å². The molecule has 0 spiro atoms. The van der Waals surface area contributed by atoms with E-state index in [1.54, 1.807) is 26.0 Å². The van der Waals surface area contributed by atoms with E-state index in [9.17, 15) is 33.7 Å². The zero-order valence-electron chi connectivity index (χ0n) is 22.2. The number of hydrogen-bond acceptors (Lipinski definition) is 10. The number of rotatable bonds is 6. The van der Waals surface area contributed by atoms with E-state index >= 15 is 0 Å². The summed E-state index contributed by atoms with van der Waals surface area (Å²) < 4.78 is 122. The molecule has 0 radical (unpaired) electrons. The lowest BCUT2D eigenvalue weighted by Gasteiger charge is -2.49. The number of sulfone groups is 2. The third-order valence-electron chi connectivity index (χ3n) is 7.64. The number of methoxy groups -OCH3 is 2. The molecule has 0 amide bonds. The number of piperazine rings is 1. The van der Waals surface area contributed by atoms with Gasteiger partial charge in [-0.15, -0.1) is 0 Å². The molecule has 12 nitrogen and oxygen atoms in total. The van der Waals surface area contributed by atoms with Gasteiger partial charge in [-0.3, -0.25) is 0 Å². The molecule has 3 heterocycles. The van der Waals surface area contributed by atoms with E-state index in [2.05, 4.69) is 0 Å². The SMILES string of the molecule is COc1ccc(C)cc1S(=O)(=O)N1[C@@H]2CS(=O)(=O)C[C@@H]2N(S(=O)(=O)c2cc(C)ccc2OC)[C@@H]2CS(=O)(=O)C[C@@H]21. The van der Waals surface area contributed by atoms with Crippen LogP contribution in [0.2, 0.25) is 0 Å². The Kier molecular flexibility index (Phi) is 7.07. The first-order valence-electron chi connectivity index (χ1n) is 12.3. The first-order chi connectivity index (χ1) is 18.5. The van der Waals surface area contributed by atoms with Gasteiger partial charge in [0.1, 0.15) is 21.3 Å². The van der Waals surface area contributed by atoms with Gasteiger partial charge in [0, 0.05) is 0 Å². The Morgan fingerprint density at radius 1 is 0.625 bits per heavy atom. The fourth-order valence-corrected chi connectivity index (χ4v) is 14.5. The number of ether oxygens (including phenoxy) is 2. The molecule has 0 saturated carbocycles. The van der Waals surface area contributed by atoms with Crippen LogP contribution >= 0.6 is 0 Å². The minimum Gasteiger partial charge on any atom is -0.495 e. The van der Waals surface area contributed by atoms with Crippen molar-refractivity contribution in [3.05, 3.63) is 47.5 Å². The Hall–Kier alpha value is -2.24. The summed E-state index contributed by atoms with van der Waals surface area (Å²) in [4.78, 5) is -0.504. The van der Waals surface area contributed by atoms with Crippen LogP contribution in [-0.4, -0.2) is 104 Å². The molecule has 4 atom stereocenters. The molecule has 3 fully saturated rings. The molecule has 220 valence electrons. The molecular formula is C24H30N2O10S4. The predicted molar refractivity (Wildman–Crippen MR) is 146 cm³/mol. The highest BCUT2D eigenvalue weighted by atomic mass is 32.2. The summed E-state index contributed by atoms with van der Waals surface area (Å²) in [6.45, 7) is 3.34. The molecule has 3 aliphatic rings. The van der Waals surface area contributed by atoms with Gasteiger partial charge in [0.05, 0.1) is 61.4 Å². The summed E-state index contributed by atoms with van der Waals surface area (Å²) in [6, 6.07) is 3.49. The maximum Gasteiger partial charge on any atom is 0.247 e. The molecule has 0 bridgehead atoms. The van der Waals surface area contributed by atoms with E-state index in [0.717, 1.165) is 8.61 Å². The average molecular weight is 635 g/mol. The van der Waals surface area contributed by atoms with Crippen molar-refractivity contribution in [2.24, 2.45) is 0 Å². The van der Waals surface area contributed by atoms with Crippen molar-refractivity contribution < 1.29 is 43.1 Å². The van der Waals surface area contributed by atoms with Crippen molar-refractivity contribution in [2.75, 3.05) is 37.2 Å². The molecule has 0 N–H and O–H groups in total. The quantitative estimate of drug-likeness (QED) is 0.434. The molecule has 3 saturated heterocycles. The average Bonchev–Trinajstić information content (AvgIpc) is 3.34. The lowest BCUT2D eigenvalue weighted by molar-refractivity contribution is 0.0838. The number of fused-ring (bicyclic) bond motifs is 2. The molecule has 16 heteroatoms. The van der Waals surface area contributed by atoms with Crippen molar-refractivity contribution >= 4 is 39.7 Å². The van der Waals surface area contributed by atoms with Gasteiger partial charge in [0.15, 0.2) is 19.7 Å². The highest BCUT2D eigenvalue weighted by molar-refractivity contribution is 7.93. The van der Waals surface area contributed by atoms with E-state index in [1.807, 2.05) is 0 Å². The topological polar surface area (TPSA) is 162 Å². The normalized spacial score (nSPS) is 28.1. The van der Waals surface area contributed by atoms with E-state index < -0.39 is 86.9 Å². The second-order valence-corrected chi connectivity index (χ2v) is 18.3. The molecule has 2 aromatic carbocycles. The number of sulfonamides is 2. The number of benzene rings is 2. The zero-order valence-corrected chi connectivity index (χ0v) is 25.5. The molecule has 2 aromatic rings. The maximum atomic E-state index is 14.3. The van der Waals surface area contributed by atoms with Crippen LogP contribution in [-0.2, 0) is 39.7 Å². The van der Waals surface area contributed by atoms with Crippen LogP contribution in [0.5, 0.6) is 11.5 Å². The van der Waals surface area contributed by atoms with Crippen molar-refractivity contribution in [1.29, 1.82) is 0 Å². The standard InChI is InChI=1S/C24H30N2O10S4/c1-15-5-7-21(35-3)23(9-15)39(31,32)25-17-11-37(27,28)13-19(17)26(20-14-38(29,30)12-18(20)25)40(33,34)24-10-16(2)6-8-22(24)36-4/h5-10,17-20H,11-14H2,1-4H3/t17-,18+,19+,20-. The van der Waals surface area contributed by atoms with Crippen LogP contribution in [0.25, 0.3) is 0 Å². The van der Waals surface area contributed by atoms with E-state index in [4.69, 9.17) is 9.47 Å². The van der Waals surface area contributed by atoms with Gasteiger partial charge < -0.3 is 9.47 Å². The minimum absolute atomic E-state index is 0.0000404. The third-order valence-corrected chi connectivity index (χ3v) is 15.0. The van der Waals surface area contributed by atoms with Crippen molar-refractivity contribution in [2.45, 2.75) is 47.8 Å². The van der Waals surface area contributed by atoms with E-state index in [-0.39, 0.29) is 21.3 Å². The first-order valence-corrected chi connectivity index (χ1v) is 18.8. The first kappa shape index (κ1) is 29.3. The summed E-state index contributed by atoms with van der Waals surface area (Å²) >= 11 is 0. The molecule has 40 heavy (non-hydrogen) atoms. The summed E-state index contributed by atoms with van der Waals surface area (Å²) in [6.07, 6.45) is 0. The Balaban J connectivity index is 1.75. The monoisotopic (exact) mass is 634 g/mol. The van der Waals surface area contributed by atoms with Gasteiger partial charge in [-0.2, -0.15) is 8.61 Å². The maximum absolute atomic E-state index is 14.3. The smallest absolute Gasteiger partial charge is 0.247 e. The lowest BCUT2D eigenvalue weighted by atomic mass is 10.0. The second kappa shape index (κ2) is 9.66. The van der Waals surface area contributed by atoms with Gasteiger partial charge in [0.2, 0.25) is 20.0 Å². The van der Waals surface area contributed by atoms with Crippen molar-refractivity contribution in [1.82, 2.24) is 8.61 Å². The highest BCUT2D eigenvalue weighted by Crippen LogP contribution is 2.45. The predicted octanol–water partition coefficient (Wildman–Crippen LogP) is 0.347. The fourth-order valence-electron chi connectivity index (χ4n) is 6.00. The summed E-state index contributed by atoms with van der Waals surface area (Å²) in [5.41, 5.74) is 1.16. The van der Waals surface area contributed by atoms with Crippen molar-refractivity contribution in [3.63, 3.8) is 0 Å². The molecule has 0 aromatic heterocycles. The number of nitrogens with zero attached hydrogens (tertiary/aromatic N) is 2. The van der Waals surface area contributed by atoms with Gasteiger partial charge in [-0.1, -0.05) is 12.1 Å². The molecule has 5 rings (SSSR count). The second-order valence-electron chi connectivity index (χ2n) is 10.4. The van der Waals surface area contributed by atoms with Gasteiger partial charge >= 0.3 is 0 Å². The van der Waals surface area contributed by atoms with Crippen LogP contribution in [0.15, 0.2) is 46.2 Å². The van der Waals surface area contributed by atoms with E-state index in [0.29, 0.717) is 11.1 Å². The van der Waals surface area contributed by atoms with Crippen molar-refractivity contribution in [3.8, 4) is 11.5 Å². The molecule has 0 unspecified atom stereocenters. The van der Waals surface area contributed by atoms with Crippen LogP contribution < -0.4 is 9.47 Å². The molecular weight excluding hydrogens is 605 g/mol. The number of hydrogen-bond donors (Lipinski definition) is 0. The van der Waals surface area contributed by atoms with Crippen LogP contribution in [0.1, 0.15) is 11.1 Å². The number of aryl methyl sites for hydroxylation is 2. The minimum atomic E-state index is -4.56. The third kappa shape index (κ3) is 4.71. The van der Waals surface area contributed by atoms with Crippen LogP contribution in [0.3, 0.4) is 0 Å².